The van der Waals surface area contributed by atoms with Crippen LogP contribution in [0.15, 0.2) is 42.5 Å². The predicted octanol–water partition coefficient (Wildman–Crippen LogP) is 2.60. The summed E-state index contributed by atoms with van der Waals surface area (Å²) in [6, 6.07) is 10.6. The molecule has 0 saturated heterocycles. The Balaban J connectivity index is 2.37. The molecule has 0 aliphatic heterocycles. The average molecular weight is 245 g/mol. The molecule has 0 heterocycles. The van der Waals surface area contributed by atoms with E-state index >= 15 is 0 Å². The van der Waals surface area contributed by atoms with Crippen LogP contribution < -0.4 is 0 Å². The Morgan fingerprint density at radius 2 is 1.78 bits per heavy atom. The van der Waals surface area contributed by atoms with E-state index in [-0.39, 0.29) is 23.6 Å². The number of nitro benzene ring substituents is 1. The summed E-state index contributed by atoms with van der Waals surface area (Å²) >= 11 is 0. The third-order valence-corrected chi connectivity index (χ3v) is 2.64. The van der Waals surface area contributed by atoms with E-state index in [0.29, 0.717) is 11.1 Å². The zero-order chi connectivity index (χ0) is 13.1. The summed E-state index contributed by atoms with van der Waals surface area (Å²) in [7, 11) is 0. The van der Waals surface area contributed by atoms with Crippen LogP contribution in [-0.2, 0) is 6.42 Å². The quantitative estimate of drug-likeness (QED) is 0.643. The number of para-hydroxylation sites is 1. The molecule has 5 heteroatoms. The van der Waals surface area contributed by atoms with Gasteiger partial charge in [-0.25, -0.2) is 0 Å². The minimum absolute atomic E-state index is 0.0185. The van der Waals surface area contributed by atoms with E-state index in [0.717, 1.165) is 0 Å². The Morgan fingerprint density at radius 1 is 1.06 bits per heavy atom. The summed E-state index contributed by atoms with van der Waals surface area (Å²) in [5, 5.41) is 29.7. The number of rotatable bonds is 3. The molecule has 0 radical (unpaired) electrons. The SMILES string of the molecule is O=[N+]([O-])c1ccccc1Cc1ccc(O)cc1O. The molecule has 0 saturated carbocycles. The van der Waals surface area contributed by atoms with Crippen LogP contribution >= 0.6 is 0 Å². The van der Waals surface area contributed by atoms with Crippen LogP contribution in [0.4, 0.5) is 5.69 Å². The van der Waals surface area contributed by atoms with E-state index < -0.39 is 4.92 Å². The van der Waals surface area contributed by atoms with E-state index in [2.05, 4.69) is 0 Å². The van der Waals surface area contributed by atoms with Crippen molar-refractivity contribution in [2.24, 2.45) is 0 Å². The van der Waals surface area contributed by atoms with Crippen molar-refractivity contribution in [1.82, 2.24) is 0 Å². The van der Waals surface area contributed by atoms with Crippen molar-refractivity contribution in [2.75, 3.05) is 0 Å². The topological polar surface area (TPSA) is 83.6 Å². The normalized spacial score (nSPS) is 10.2. The zero-order valence-electron chi connectivity index (χ0n) is 9.41. The molecule has 0 spiro atoms. The third kappa shape index (κ3) is 2.40. The lowest BCUT2D eigenvalue weighted by molar-refractivity contribution is -0.385. The van der Waals surface area contributed by atoms with Gasteiger partial charge in [-0.1, -0.05) is 24.3 Å². The van der Waals surface area contributed by atoms with Crippen LogP contribution in [0.2, 0.25) is 0 Å². The first kappa shape index (κ1) is 11.9. The number of phenols is 2. The van der Waals surface area contributed by atoms with Crippen LogP contribution in [0.3, 0.4) is 0 Å². The van der Waals surface area contributed by atoms with Gasteiger partial charge in [0.2, 0.25) is 0 Å². The molecule has 0 amide bonds. The number of nitrogens with zero attached hydrogens (tertiary/aromatic N) is 1. The Bertz CT molecular complexity index is 595. The van der Waals surface area contributed by atoms with Gasteiger partial charge in [0.1, 0.15) is 11.5 Å². The summed E-state index contributed by atoms with van der Waals surface area (Å²) in [6.45, 7) is 0. The summed E-state index contributed by atoms with van der Waals surface area (Å²) in [6.07, 6.45) is 0.239. The predicted molar refractivity (Wildman–Crippen MR) is 65.7 cm³/mol. The smallest absolute Gasteiger partial charge is 0.272 e. The summed E-state index contributed by atoms with van der Waals surface area (Å²) in [5.74, 6) is -0.119. The molecule has 5 nitrogen and oxygen atoms in total. The van der Waals surface area contributed by atoms with Crippen LogP contribution in [0.5, 0.6) is 11.5 Å². The molecule has 0 aromatic heterocycles. The van der Waals surface area contributed by atoms with Crippen molar-refractivity contribution in [3.05, 3.63) is 63.7 Å². The fourth-order valence-corrected chi connectivity index (χ4v) is 1.75. The molecule has 0 bridgehead atoms. The summed E-state index contributed by atoms with van der Waals surface area (Å²) in [4.78, 5) is 10.4. The van der Waals surface area contributed by atoms with E-state index in [1.165, 1.54) is 18.2 Å². The Kier molecular flexibility index (Phi) is 3.14. The molecule has 0 unspecified atom stereocenters. The van der Waals surface area contributed by atoms with Crippen molar-refractivity contribution >= 4 is 5.69 Å². The van der Waals surface area contributed by atoms with Crippen molar-refractivity contribution < 1.29 is 15.1 Å². The van der Waals surface area contributed by atoms with Crippen LogP contribution in [0, 0.1) is 10.1 Å². The van der Waals surface area contributed by atoms with Crippen LogP contribution in [-0.4, -0.2) is 15.1 Å². The van der Waals surface area contributed by atoms with E-state index in [9.17, 15) is 20.3 Å². The standard InChI is InChI=1S/C13H11NO4/c15-11-6-5-10(13(16)8-11)7-9-3-1-2-4-12(9)14(17)18/h1-6,8,15-16H,7H2. The monoisotopic (exact) mass is 245 g/mol. The second kappa shape index (κ2) is 4.75. The van der Waals surface area contributed by atoms with Gasteiger partial charge in [0.15, 0.2) is 0 Å². The van der Waals surface area contributed by atoms with Crippen molar-refractivity contribution in [1.29, 1.82) is 0 Å². The minimum atomic E-state index is -0.452. The fourth-order valence-electron chi connectivity index (χ4n) is 1.75. The highest BCUT2D eigenvalue weighted by atomic mass is 16.6. The maximum atomic E-state index is 10.9. The van der Waals surface area contributed by atoms with E-state index in [1.807, 2.05) is 0 Å². The maximum absolute atomic E-state index is 10.9. The minimum Gasteiger partial charge on any atom is -0.508 e. The largest absolute Gasteiger partial charge is 0.508 e. The third-order valence-electron chi connectivity index (χ3n) is 2.64. The Hall–Kier alpha value is -2.56. The second-order valence-corrected chi connectivity index (χ2v) is 3.88. The van der Waals surface area contributed by atoms with Gasteiger partial charge in [-0.15, -0.1) is 0 Å². The van der Waals surface area contributed by atoms with Crippen molar-refractivity contribution in [2.45, 2.75) is 6.42 Å². The van der Waals surface area contributed by atoms with Gasteiger partial charge in [0.05, 0.1) is 4.92 Å². The molecule has 0 aliphatic carbocycles. The van der Waals surface area contributed by atoms with Crippen LogP contribution in [0.25, 0.3) is 0 Å². The zero-order valence-corrected chi connectivity index (χ0v) is 9.41. The molecule has 18 heavy (non-hydrogen) atoms. The lowest BCUT2D eigenvalue weighted by Crippen LogP contribution is -1.96. The molecule has 2 rings (SSSR count). The number of benzene rings is 2. The molecular weight excluding hydrogens is 234 g/mol. The highest BCUT2D eigenvalue weighted by Crippen LogP contribution is 2.28. The number of aromatic hydroxyl groups is 2. The first-order chi connectivity index (χ1) is 8.58. The Morgan fingerprint density at radius 3 is 2.44 bits per heavy atom. The highest BCUT2D eigenvalue weighted by Gasteiger charge is 2.14. The van der Waals surface area contributed by atoms with Crippen molar-refractivity contribution in [3.8, 4) is 11.5 Å². The van der Waals surface area contributed by atoms with Crippen LogP contribution in [0.1, 0.15) is 11.1 Å². The molecule has 2 aromatic rings. The molecule has 2 N–H and O–H groups in total. The van der Waals surface area contributed by atoms with Gasteiger partial charge < -0.3 is 10.2 Å². The number of phenolic OH excluding ortho intramolecular Hbond substituents is 2. The lowest BCUT2D eigenvalue weighted by atomic mass is 10.0. The summed E-state index contributed by atoms with van der Waals surface area (Å²) in [5.41, 5.74) is 1.07. The number of nitro groups is 1. The van der Waals surface area contributed by atoms with E-state index in [1.54, 1.807) is 24.3 Å². The van der Waals surface area contributed by atoms with Gasteiger partial charge in [0, 0.05) is 24.1 Å². The van der Waals surface area contributed by atoms with Gasteiger partial charge in [0.25, 0.3) is 5.69 Å². The average Bonchev–Trinajstić information content (AvgIpc) is 2.33. The van der Waals surface area contributed by atoms with Gasteiger partial charge in [-0.05, 0) is 11.6 Å². The Labute approximate surface area is 103 Å². The number of hydrogen-bond donors (Lipinski definition) is 2. The lowest BCUT2D eigenvalue weighted by Gasteiger charge is -2.05. The fraction of sp³-hybridized carbons (Fsp3) is 0.0769. The van der Waals surface area contributed by atoms with E-state index in [4.69, 9.17) is 0 Å². The van der Waals surface area contributed by atoms with Gasteiger partial charge in [-0.2, -0.15) is 0 Å². The maximum Gasteiger partial charge on any atom is 0.272 e. The molecule has 2 aromatic carbocycles. The first-order valence-corrected chi connectivity index (χ1v) is 5.31. The first-order valence-electron chi connectivity index (χ1n) is 5.31. The molecular formula is C13H11NO4. The second-order valence-electron chi connectivity index (χ2n) is 3.88. The van der Waals surface area contributed by atoms with Gasteiger partial charge in [-0.3, -0.25) is 10.1 Å². The molecule has 0 fully saturated rings. The highest BCUT2D eigenvalue weighted by molar-refractivity contribution is 5.47. The number of hydrogen-bond acceptors (Lipinski definition) is 4. The van der Waals surface area contributed by atoms with Gasteiger partial charge >= 0.3 is 0 Å². The molecule has 92 valence electrons. The summed E-state index contributed by atoms with van der Waals surface area (Å²) < 4.78 is 0. The molecule has 0 aliphatic rings. The van der Waals surface area contributed by atoms with Crippen molar-refractivity contribution in [3.63, 3.8) is 0 Å². The molecule has 0 atom stereocenters.